The lowest BCUT2D eigenvalue weighted by atomic mass is 10.2. The third kappa shape index (κ3) is 2.85. The number of carbonyl (C=O) groups is 1. The van der Waals surface area contributed by atoms with Gasteiger partial charge in [0.1, 0.15) is 4.90 Å². The number of benzene rings is 1. The fraction of sp³-hybridized carbons (Fsp3) is 0.250. The topological polar surface area (TPSA) is 117 Å². The van der Waals surface area contributed by atoms with E-state index in [1.165, 1.54) is 6.20 Å². The zero-order valence-corrected chi connectivity index (χ0v) is 11.9. The second kappa shape index (κ2) is 5.04. The van der Waals surface area contributed by atoms with Crippen LogP contribution in [0.4, 0.5) is 10.5 Å². The second-order valence-electron chi connectivity index (χ2n) is 4.69. The van der Waals surface area contributed by atoms with Gasteiger partial charge in [-0.3, -0.25) is 0 Å². The van der Waals surface area contributed by atoms with Crippen LogP contribution in [0, 0.1) is 0 Å². The van der Waals surface area contributed by atoms with E-state index < -0.39 is 16.1 Å². The summed E-state index contributed by atoms with van der Waals surface area (Å²) in [4.78, 5) is 14.3. The molecule has 1 aromatic heterocycles. The molecule has 1 aromatic carbocycles. The van der Waals surface area contributed by atoms with Crippen molar-refractivity contribution in [2.45, 2.75) is 24.8 Å². The van der Waals surface area contributed by atoms with Gasteiger partial charge < -0.3 is 16.0 Å². The first-order valence-corrected chi connectivity index (χ1v) is 7.48. The first kappa shape index (κ1) is 14.2. The molecule has 0 unspecified atom stereocenters. The molecule has 0 aliphatic rings. The molecule has 2 rings (SSSR count). The van der Waals surface area contributed by atoms with E-state index >= 15 is 0 Å². The minimum Gasteiger partial charge on any atom is -0.399 e. The van der Waals surface area contributed by atoms with Gasteiger partial charge >= 0.3 is 6.03 Å². The zero-order valence-electron chi connectivity index (χ0n) is 11.1. The maximum Gasteiger partial charge on any atom is 0.328 e. The van der Waals surface area contributed by atoms with E-state index in [1.54, 1.807) is 32.0 Å². The number of rotatable bonds is 3. The van der Waals surface area contributed by atoms with Gasteiger partial charge in [0.15, 0.2) is 0 Å². The Hall–Kier alpha value is -2.22. The van der Waals surface area contributed by atoms with Gasteiger partial charge in [0.2, 0.25) is 0 Å². The van der Waals surface area contributed by atoms with Crippen molar-refractivity contribution >= 4 is 32.6 Å². The van der Waals surface area contributed by atoms with Gasteiger partial charge in [0.25, 0.3) is 10.0 Å². The van der Waals surface area contributed by atoms with Crippen LogP contribution in [-0.4, -0.2) is 25.5 Å². The van der Waals surface area contributed by atoms with Gasteiger partial charge in [-0.1, -0.05) is 0 Å². The van der Waals surface area contributed by atoms with Crippen molar-refractivity contribution in [3.05, 3.63) is 24.4 Å². The highest BCUT2D eigenvalue weighted by molar-refractivity contribution is 7.90. The highest BCUT2D eigenvalue weighted by atomic mass is 32.2. The number of carbonyl (C=O) groups excluding carboxylic acids is 1. The Morgan fingerprint density at radius 1 is 1.35 bits per heavy atom. The van der Waals surface area contributed by atoms with Crippen LogP contribution in [0.5, 0.6) is 0 Å². The minimum atomic E-state index is -3.95. The van der Waals surface area contributed by atoms with Crippen molar-refractivity contribution in [2.75, 3.05) is 5.73 Å². The Bertz CT molecular complexity index is 749. The molecule has 0 bridgehead atoms. The summed E-state index contributed by atoms with van der Waals surface area (Å²) in [6.07, 6.45) is 1.33. The lowest BCUT2D eigenvalue weighted by Crippen LogP contribution is -2.42. The van der Waals surface area contributed by atoms with E-state index in [0.29, 0.717) is 16.6 Å². The lowest BCUT2D eigenvalue weighted by molar-refractivity contribution is 0.243. The molecule has 2 amide bonds. The molecule has 0 spiro atoms. The Balaban J connectivity index is 2.37. The molecule has 108 valence electrons. The average molecular weight is 296 g/mol. The summed E-state index contributed by atoms with van der Waals surface area (Å²) in [7, 11) is -3.95. The number of aromatic nitrogens is 1. The third-order valence-corrected chi connectivity index (χ3v) is 3.98. The molecule has 0 aliphatic heterocycles. The predicted molar refractivity (Wildman–Crippen MR) is 76.7 cm³/mol. The van der Waals surface area contributed by atoms with Crippen LogP contribution in [-0.2, 0) is 10.0 Å². The summed E-state index contributed by atoms with van der Waals surface area (Å²) >= 11 is 0. The number of urea groups is 1. The van der Waals surface area contributed by atoms with Crippen LogP contribution in [0.2, 0.25) is 0 Å². The molecule has 0 fully saturated rings. The number of hydrogen-bond acceptors (Lipinski definition) is 4. The highest BCUT2D eigenvalue weighted by Crippen LogP contribution is 2.24. The quantitative estimate of drug-likeness (QED) is 0.635. The molecule has 7 nitrogen and oxygen atoms in total. The molecule has 0 atom stereocenters. The van der Waals surface area contributed by atoms with Crippen molar-refractivity contribution in [1.29, 1.82) is 0 Å². The molecule has 5 N–H and O–H groups in total. The van der Waals surface area contributed by atoms with Gasteiger partial charge in [-0.25, -0.2) is 17.9 Å². The number of nitrogen functional groups attached to an aromatic ring is 1. The molecule has 0 aliphatic carbocycles. The lowest BCUT2D eigenvalue weighted by Gasteiger charge is -2.10. The standard InChI is InChI=1S/C12H16N4O3S/c1-7(2)15-12(17)16-20(18,19)11-6-14-10-4-3-8(13)5-9(10)11/h3-7,14H,13H2,1-2H3,(H2,15,16,17). The van der Waals surface area contributed by atoms with E-state index in [9.17, 15) is 13.2 Å². The number of nitrogens with two attached hydrogens (primary N) is 1. The van der Waals surface area contributed by atoms with Crippen LogP contribution >= 0.6 is 0 Å². The molecule has 8 heteroatoms. The molecule has 0 saturated carbocycles. The molecule has 0 radical (unpaired) electrons. The Kier molecular flexibility index (Phi) is 3.58. The number of amides is 2. The van der Waals surface area contributed by atoms with Crippen LogP contribution in [0.15, 0.2) is 29.3 Å². The van der Waals surface area contributed by atoms with Gasteiger partial charge in [0.05, 0.1) is 0 Å². The second-order valence-corrected chi connectivity index (χ2v) is 6.34. The normalized spacial score (nSPS) is 11.8. The van der Waals surface area contributed by atoms with Crippen molar-refractivity contribution in [1.82, 2.24) is 15.0 Å². The van der Waals surface area contributed by atoms with Gasteiger partial charge in [0, 0.05) is 28.8 Å². The molecule has 1 heterocycles. The minimum absolute atomic E-state index is 0.0151. The molecule has 2 aromatic rings. The third-order valence-electron chi connectivity index (χ3n) is 2.60. The van der Waals surface area contributed by atoms with Crippen molar-refractivity contribution < 1.29 is 13.2 Å². The number of hydrogen-bond donors (Lipinski definition) is 4. The van der Waals surface area contributed by atoms with Gasteiger partial charge in [-0.15, -0.1) is 0 Å². The summed E-state index contributed by atoms with van der Waals surface area (Å²) in [5.41, 5.74) is 6.73. The van der Waals surface area contributed by atoms with Crippen molar-refractivity contribution in [3.8, 4) is 0 Å². The van der Waals surface area contributed by atoms with E-state index in [0.717, 1.165) is 0 Å². The predicted octanol–water partition coefficient (Wildman–Crippen LogP) is 1.15. The Labute approximate surface area is 116 Å². The van der Waals surface area contributed by atoms with Crippen molar-refractivity contribution in [2.24, 2.45) is 0 Å². The molecular weight excluding hydrogens is 280 g/mol. The summed E-state index contributed by atoms with van der Waals surface area (Å²) in [6, 6.07) is 3.95. The highest BCUT2D eigenvalue weighted by Gasteiger charge is 2.21. The first-order valence-electron chi connectivity index (χ1n) is 5.99. The van der Waals surface area contributed by atoms with Crippen LogP contribution < -0.4 is 15.8 Å². The van der Waals surface area contributed by atoms with Crippen molar-refractivity contribution in [3.63, 3.8) is 0 Å². The summed E-state index contributed by atoms with van der Waals surface area (Å²) < 4.78 is 26.3. The fourth-order valence-electron chi connectivity index (χ4n) is 1.80. The van der Waals surface area contributed by atoms with Gasteiger partial charge in [-0.05, 0) is 32.0 Å². The van der Waals surface area contributed by atoms with Crippen LogP contribution in [0.1, 0.15) is 13.8 Å². The number of aromatic amines is 1. The zero-order chi connectivity index (χ0) is 14.9. The smallest absolute Gasteiger partial charge is 0.328 e. The number of H-pyrrole nitrogens is 1. The SMILES string of the molecule is CC(C)NC(=O)NS(=O)(=O)c1c[nH]c2ccc(N)cc12. The van der Waals surface area contributed by atoms with Gasteiger partial charge in [-0.2, -0.15) is 0 Å². The summed E-state index contributed by atoms with van der Waals surface area (Å²) in [5, 5.41) is 2.90. The number of anilines is 1. The number of nitrogens with one attached hydrogen (secondary N) is 3. The summed E-state index contributed by atoms with van der Waals surface area (Å²) in [6.45, 7) is 3.47. The maximum atomic E-state index is 12.2. The monoisotopic (exact) mass is 296 g/mol. The number of fused-ring (bicyclic) bond motifs is 1. The molecular formula is C12H16N4O3S. The summed E-state index contributed by atoms with van der Waals surface area (Å²) in [5.74, 6) is 0. The Morgan fingerprint density at radius 2 is 2.05 bits per heavy atom. The Morgan fingerprint density at radius 3 is 2.70 bits per heavy atom. The molecule has 0 saturated heterocycles. The van der Waals surface area contributed by atoms with E-state index in [-0.39, 0.29) is 10.9 Å². The van der Waals surface area contributed by atoms with Crippen LogP contribution in [0.25, 0.3) is 10.9 Å². The fourth-order valence-corrected chi connectivity index (χ4v) is 2.89. The molecule has 20 heavy (non-hydrogen) atoms. The van der Waals surface area contributed by atoms with E-state index in [2.05, 4.69) is 10.3 Å². The van der Waals surface area contributed by atoms with E-state index in [1.807, 2.05) is 4.72 Å². The largest absolute Gasteiger partial charge is 0.399 e. The number of sulfonamides is 1. The maximum absolute atomic E-state index is 12.2. The average Bonchev–Trinajstić information content (AvgIpc) is 2.70. The first-order chi connectivity index (χ1) is 9.29. The van der Waals surface area contributed by atoms with E-state index in [4.69, 9.17) is 5.73 Å². The van der Waals surface area contributed by atoms with Crippen LogP contribution in [0.3, 0.4) is 0 Å².